The summed E-state index contributed by atoms with van der Waals surface area (Å²) in [5.74, 6) is 0.561. The summed E-state index contributed by atoms with van der Waals surface area (Å²) in [6.07, 6.45) is 2.29. The van der Waals surface area contributed by atoms with Gasteiger partial charge in [-0.05, 0) is 57.5 Å². The number of aryl methyl sites for hydroxylation is 1. The number of nitrogens with zero attached hydrogens (tertiary/aromatic N) is 4. The van der Waals surface area contributed by atoms with Crippen molar-refractivity contribution in [2.75, 3.05) is 26.7 Å². The van der Waals surface area contributed by atoms with Crippen molar-refractivity contribution in [3.05, 3.63) is 51.3 Å². The molecule has 1 N–H and O–H groups in total. The normalized spacial score (nSPS) is 15.3. The highest BCUT2D eigenvalue weighted by molar-refractivity contribution is 5.76. The SMILES string of the molecule is COc1cccc(C(CNC(=O)Cn2nc(C)c([N+](=O)[O-])c2C)N2CCCC2)c1. The third kappa shape index (κ3) is 4.73. The van der Waals surface area contributed by atoms with Gasteiger partial charge in [0, 0.05) is 6.54 Å². The number of hydrogen-bond donors (Lipinski definition) is 1. The molecule has 1 atom stereocenters. The topological polar surface area (TPSA) is 103 Å². The van der Waals surface area contributed by atoms with Crippen molar-refractivity contribution in [1.29, 1.82) is 0 Å². The number of aromatic nitrogens is 2. The van der Waals surface area contributed by atoms with Crippen LogP contribution in [0.2, 0.25) is 0 Å². The lowest BCUT2D eigenvalue weighted by Gasteiger charge is -2.28. The summed E-state index contributed by atoms with van der Waals surface area (Å²) in [5.41, 5.74) is 1.75. The Morgan fingerprint density at radius 1 is 1.34 bits per heavy atom. The Kier molecular flexibility index (Phi) is 6.48. The molecular weight excluding hydrogens is 374 g/mol. The fraction of sp³-hybridized carbons (Fsp3) is 0.500. The van der Waals surface area contributed by atoms with Crippen LogP contribution in [0, 0.1) is 24.0 Å². The van der Waals surface area contributed by atoms with Gasteiger partial charge in [-0.15, -0.1) is 0 Å². The molecule has 1 aliphatic heterocycles. The molecule has 1 aromatic heterocycles. The van der Waals surface area contributed by atoms with Gasteiger partial charge in [0.1, 0.15) is 23.7 Å². The van der Waals surface area contributed by atoms with Crippen molar-refractivity contribution < 1.29 is 14.5 Å². The predicted octanol–water partition coefficient (Wildman–Crippen LogP) is 2.37. The molecule has 3 rings (SSSR count). The minimum Gasteiger partial charge on any atom is -0.497 e. The number of amides is 1. The first kappa shape index (κ1) is 20.8. The molecule has 0 saturated carbocycles. The van der Waals surface area contributed by atoms with Crippen LogP contribution < -0.4 is 10.1 Å². The fourth-order valence-electron chi connectivity index (χ4n) is 3.87. The molecule has 0 aliphatic carbocycles. The molecule has 1 amide bonds. The van der Waals surface area contributed by atoms with Gasteiger partial charge in [0.25, 0.3) is 0 Å². The molecule has 9 heteroatoms. The average molecular weight is 401 g/mol. The molecule has 1 aromatic carbocycles. The molecule has 29 heavy (non-hydrogen) atoms. The molecule has 1 unspecified atom stereocenters. The number of benzene rings is 1. The largest absolute Gasteiger partial charge is 0.497 e. The first-order valence-corrected chi connectivity index (χ1v) is 9.73. The van der Waals surface area contributed by atoms with Crippen molar-refractivity contribution in [3.63, 3.8) is 0 Å². The van der Waals surface area contributed by atoms with E-state index in [2.05, 4.69) is 15.3 Å². The Morgan fingerprint density at radius 2 is 2.07 bits per heavy atom. The molecule has 2 aromatic rings. The lowest BCUT2D eigenvalue weighted by molar-refractivity contribution is -0.386. The van der Waals surface area contributed by atoms with Gasteiger partial charge < -0.3 is 10.1 Å². The number of carbonyl (C=O) groups is 1. The Hall–Kier alpha value is -2.94. The number of rotatable bonds is 8. The fourth-order valence-corrected chi connectivity index (χ4v) is 3.87. The second kappa shape index (κ2) is 9.04. The number of nitro groups is 1. The van der Waals surface area contributed by atoms with E-state index in [1.165, 1.54) is 4.68 Å². The first-order chi connectivity index (χ1) is 13.9. The molecule has 0 radical (unpaired) electrons. The second-order valence-electron chi connectivity index (χ2n) is 7.27. The Bertz CT molecular complexity index is 889. The van der Waals surface area contributed by atoms with E-state index < -0.39 is 4.92 Å². The van der Waals surface area contributed by atoms with E-state index in [-0.39, 0.29) is 24.2 Å². The summed E-state index contributed by atoms with van der Waals surface area (Å²) in [6, 6.07) is 7.94. The van der Waals surface area contributed by atoms with E-state index in [0.717, 1.165) is 37.2 Å². The summed E-state index contributed by atoms with van der Waals surface area (Å²) in [6.45, 7) is 5.56. The maximum Gasteiger partial charge on any atom is 0.312 e. The molecular formula is C20H27N5O4. The number of hydrogen-bond acceptors (Lipinski definition) is 6. The number of methoxy groups -OCH3 is 1. The molecule has 0 bridgehead atoms. The quantitative estimate of drug-likeness (QED) is 0.538. The van der Waals surface area contributed by atoms with Gasteiger partial charge in [0.2, 0.25) is 5.91 Å². The number of likely N-dealkylation sites (tertiary alicyclic amines) is 1. The highest BCUT2D eigenvalue weighted by Crippen LogP contribution is 2.27. The van der Waals surface area contributed by atoms with Gasteiger partial charge in [0.05, 0.1) is 18.1 Å². The van der Waals surface area contributed by atoms with Gasteiger partial charge in [-0.1, -0.05) is 12.1 Å². The molecule has 1 aliphatic rings. The van der Waals surface area contributed by atoms with Crippen molar-refractivity contribution in [2.45, 2.75) is 39.3 Å². The molecule has 2 heterocycles. The van der Waals surface area contributed by atoms with E-state index in [1.807, 2.05) is 24.3 Å². The van der Waals surface area contributed by atoms with Crippen LogP contribution in [0.5, 0.6) is 5.75 Å². The molecule has 1 saturated heterocycles. The van der Waals surface area contributed by atoms with Gasteiger partial charge >= 0.3 is 5.69 Å². The molecule has 0 spiro atoms. The second-order valence-corrected chi connectivity index (χ2v) is 7.27. The highest BCUT2D eigenvalue weighted by Gasteiger charge is 2.26. The Labute approximate surface area is 169 Å². The maximum absolute atomic E-state index is 12.5. The predicted molar refractivity (Wildman–Crippen MR) is 108 cm³/mol. The van der Waals surface area contributed by atoms with Crippen LogP contribution in [0.1, 0.15) is 35.8 Å². The lowest BCUT2D eigenvalue weighted by Crippen LogP contribution is -2.38. The number of carbonyl (C=O) groups excluding carboxylic acids is 1. The van der Waals surface area contributed by atoms with Crippen molar-refractivity contribution in [1.82, 2.24) is 20.0 Å². The minimum absolute atomic E-state index is 0.0378. The lowest BCUT2D eigenvalue weighted by atomic mass is 10.0. The zero-order valence-electron chi connectivity index (χ0n) is 17.1. The van der Waals surface area contributed by atoms with Crippen LogP contribution >= 0.6 is 0 Å². The van der Waals surface area contributed by atoms with E-state index in [4.69, 9.17) is 4.74 Å². The van der Waals surface area contributed by atoms with E-state index in [0.29, 0.717) is 17.9 Å². The summed E-state index contributed by atoms with van der Waals surface area (Å²) in [5, 5.41) is 18.3. The van der Waals surface area contributed by atoms with Crippen LogP contribution in [-0.4, -0.2) is 52.3 Å². The zero-order chi connectivity index (χ0) is 21.0. The monoisotopic (exact) mass is 401 g/mol. The minimum atomic E-state index is -0.460. The van der Waals surface area contributed by atoms with Crippen LogP contribution in [0.4, 0.5) is 5.69 Å². The maximum atomic E-state index is 12.5. The van der Waals surface area contributed by atoms with Crippen LogP contribution in [0.25, 0.3) is 0 Å². The Balaban J connectivity index is 1.70. The van der Waals surface area contributed by atoms with Crippen LogP contribution in [0.15, 0.2) is 24.3 Å². The smallest absolute Gasteiger partial charge is 0.312 e. The third-order valence-corrected chi connectivity index (χ3v) is 5.37. The van der Waals surface area contributed by atoms with Gasteiger partial charge in [0.15, 0.2) is 0 Å². The van der Waals surface area contributed by atoms with Crippen molar-refractivity contribution in [3.8, 4) is 5.75 Å². The standard InChI is InChI=1S/C20H27N5O4/c1-14-20(25(27)28)15(2)24(22-14)13-19(26)21-12-18(23-9-4-5-10-23)16-7-6-8-17(11-16)29-3/h6-8,11,18H,4-5,9-10,12-13H2,1-3H3,(H,21,26). The highest BCUT2D eigenvalue weighted by atomic mass is 16.6. The van der Waals surface area contributed by atoms with Gasteiger partial charge in [-0.3, -0.25) is 24.5 Å². The van der Waals surface area contributed by atoms with Gasteiger partial charge in [-0.2, -0.15) is 5.10 Å². The number of nitrogens with one attached hydrogen (secondary N) is 1. The van der Waals surface area contributed by atoms with Crippen LogP contribution in [0.3, 0.4) is 0 Å². The zero-order valence-corrected chi connectivity index (χ0v) is 17.1. The van der Waals surface area contributed by atoms with E-state index >= 15 is 0 Å². The summed E-state index contributed by atoms with van der Waals surface area (Å²) < 4.78 is 6.73. The summed E-state index contributed by atoms with van der Waals surface area (Å²) in [7, 11) is 1.64. The van der Waals surface area contributed by atoms with Crippen molar-refractivity contribution >= 4 is 11.6 Å². The van der Waals surface area contributed by atoms with Crippen LogP contribution in [-0.2, 0) is 11.3 Å². The molecule has 1 fully saturated rings. The van der Waals surface area contributed by atoms with Gasteiger partial charge in [-0.25, -0.2) is 0 Å². The summed E-state index contributed by atoms with van der Waals surface area (Å²) >= 11 is 0. The number of ether oxygens (including phenoxy) is 1. The Morgan fingerprint density at radius 3 is 2.69 bits per heavy atom. The average Bonchev–Trinajstić information content (AvgIpc) is 3.30. The van der Waals surface area contributed by atoms with E-state index in [1.54, 1.807) is 21.0 Å². The molecule has 156 valence electrons. The summed E-state index contributed by atoms with van der Waals surface area (Å²) in [4.78, 5) is 25.6. The third-order valence-electron chi connectivity index (χ3n) is 5.37. The van der Waals surface area contributed by atoms with Crippen molar-refractivity contribution in [2.24, 2.45) is 0 Å². The first-order valence-electron chi connectivity index (χ1n) is 9.73. The molecule has 9 nitrogen and oxygen atoms in total. The van der Waals surface area contributed by atoms with E-state index in [9.17, 15) is 14.9 Å².